The van der Waals surface area contributed by atoms with Gasteiger partial charge in [-0.05, 0) is 18.8 Å². The molecule has 4 N–H and O–H groups in total. The zero-order valence-corrected chi connectivity index (χ0v) is 14.1. The fourth-order valence-corrected chi connectivity index (χ4v) is 3.45. The maximum atomic E-state index is 10.4. The topological polar surface area (TPSA) is 98.0 Å². The van der Waals surface area contributed by atoms with Gasteiger partial charge in [0, 0.05) is 18.8 Å². The molecule has 0 saturated heterocycles. The summed E-state index contributed by atoms with van der Waals surface area (Å²) in [4.78, 5) is 10.4. The van der Waals surface area contributed by atoms with Gasteiger partial charge in [0.15, 0.2) is 0 Å². The fourth-order valence-electron chi connectivity index (χ4n) is 3.45. The van der Waals surface area contributed by atoms with Gasteiger partial charge in [0.1, 0.15) is 0 Å². The van der Waals surface area contributed by atoms with E-state index >= 15 is 0 Å². The van der Waals surface area contributed by atoms with Crippen molar-refractivity contribution in [3.8, 4) is 0 Å². The summed E-state index contributed by atoms with van der Waals surface area (Å²) in [7, 11) is 0. The molecule has 0 aromatic rings. The molecule has 0 radical (unpaired) electrons. The summed E-state index contributed by atoms with van der Waals surface area (Å²) in [6.45, 7) is 2.01. The zero-order valence-electron chi connectivity index (χ0n) is 14.1. The molecule has 1 aliphatic carbocycles. The first-order chi connectivity index (χ1) is 11.0. The first-order valence-electron chi connectivity index (χ1n) is 8.90. The van der Waals surface area contributed by atoms with Crippen molar-refractivity contribution in [2.75, 3.05) is 0 Å². The number of unbranched alkanes of at least 4 members (excludes halogenated alkanes) is 4. The Bertz CT molecular complexity index is 368. The SMILES string of the molecule is CC[C@H]1[C@@H](/C=C/[C@H](O)CCCCCCCC(=O)O)[C@@H](O)C[C@H]1O. The van der Waals surface area contributed by atoms with Gasteiger partial charge in [-0.2, -0.15) is 0 Å². The Morgan fingerprint density at radius 1 is 1.13 bits per heavy atom. The zero-order chi connectivity index (χ0) is 17.2. The van der Waals surface area contributed by atoms with Crippen molar-refractivity contribution in [1.82, 2.24) is 0 Å². The van der Waals surface area contributed by atoms with Crippen molar-refractivity contribution in [3.63, 3.8) is 0 Å². The second-order valence-corrected chi connectivity index (χ2v) is 6.67. The van der Waals surface area contributed by atoms with Crippen molar-refractivity contribution in [2.24, 2.45) is 11.8 Å². The van der Waals surface area contributed by atoms with Crippen LogP contribution in [0.3, 0.4) is 0 Å². The Morgan fingerprint density at radius 3 is 2.43 bits per heavy atom. The fraction of sp³-hybridized carbons (Fsp3) is 0.833. The van der Waals surface area contributed by atoms with Crippen LogP contribution in [0, 0.1) is 11.8 Å². The number of aliphatic hydroxyl groups excluding tert-OH is 3. The molecule has 0 spiro atoms. The summed E-state index contributed by atoms with van der Waals surface area (Å²) in [5.74, 6) is -0.737. The molecule has 134 valence electrons. The van der Waals surface area contributed by atoms with Crippen LogP contribution in [-0.2, 0) is 4.79 Å². The standard InChI is InChI=1S/C18H32O5/c1-2-14-15(17(21)12-16(14)20)11-10-13(19)8-6-4-3-5-7-9-18(22)23/h10-11,13-17,19-21H,2-9,12H2,1H3,(H,22,23)/b11-10+/t13-,14+,15-,16-,17+/m1/s1. The molecule has 5 heteroatoms. The van der Waals surface area contributed by atoms with E-state index in [1.54, 1.807) is 6.08 Å². The van der Waals surface area contributed by atoms with E-state index < -0.39 is 24.3 Å². The van der Waals surface area contributed by atoms with E-state index in [9.17, 15) is 20.1 Å². The van der Waals surface area contributed by atoms with Crippen LogP contribution in [0.4, 0.5) is 0 Å². The number of carboxylic acids is 1. The summed E-state index contributed by atoms with van der Waals surface area (Å²) >= 11 is 0. The summed E-state index contributed by atoms with van der Waals surface area (Å²) in [5, 5.41) is 38.4. The van der Waals surface area contributed by atoms with E-state index in [-0.39, 0.29) is 18.3 Å². The van der Waals surface area contributed by atoms with E-state index in [0.717, 1.165) is 38.5 Å². The Labute approximate surface area is 139 Å². The number of rotatable bonds is 11. The van der Waals surface area contributed by atoms with E-state index in [4.69, 9.17) is 5.11 Å². The second kappa shape index (κ2) is 10.8. The summed E-state index contributed by atoms with van der Waals surface area (Å²) in [6.07, 6.45) is 8.81. The van der Waals surface area contributed by atoms with Gasteiger partial charge in [0.25, 0.3) is 0 Å². The average Bonchev–Trinajstić information content (AvgIpc) is 2.76. The third kappa shape index (κ3) is 7.46. The minimum Gasteiger partial charge on any atom is -0.481 e. The lowest BCUT2D eigenvalue weighted by atomic mass is 9.90. The number of hydrogen-bond donors (Lipinski definition) is 4. The highest BCUT2D eigenvalue weighted by Gasteiger charge is 2.38. The van der Waals surface area contributed by atoms with E-state index in [2.05, 4.69) is 0 Å². The second-order valence-electron chi connectivity index (χ2n) is 6.67. The van der Waals surface area contributed by atoms with Gasteiger partial charge in [0.2, 0.25) is 0 Å². The van der Waals surface area contributed by atoms with Gasteiger partial charge >= 0.3 is 5.97 Å². The summed E-state index contributed by atoms with van der Waals surface area (Å²) in [5.41, 5.74) is 0. The number of aliphatic carboxylic acids is 1. The lowest BCUT2D eigenvalue weighted by Gasteiger charge is -2.19. The number of carbonyl (C=O) groups is 1. The van der Waals surface area contributed by atoms with Crippen LogP contribution >= 0.6 is 0 Å². The van der Waals surface area contributed by atoms with Gasteiger partial charge in [-0.15, -0.1) is 0 Å². The molecule has 0 bridgehead atoms. The van der Waals surface area contributed by atoms with Crippen LogP contribution in [0.25, 0.3) is 0 Å². The quantitative estimate of drug-likeness (QED) is 0.345. The largest absolute Gasteiger partial charge is 0.481 e. The van der Waals surface area contributed by atoms with E-state index in [0.29, 0.717) is 12.8 Å². The monoisotopic (exact) mass is 328 g/mol. The Kier molecular flexibility index (Phi) is 9.44. The van der Waals surface area contributed by atoms with Crippen LogP contribution < -0.4 is 0 Å². The smallest absolute Gasteiger partial charge is 0.303 e. The van der Waals surface area contributed by atoms with E-state index in [1.165, 1.54) is 0 Å². The highest BCUT2D eigenvalue weighted by atomic mass is 16.4. The Hall–Kier alpha value is -0.910. The van der Waals surface area contributed by atoms with Gasteiger partial charge in [-0.25, -0.2) is 0 Å². The first kappa shape index (κ1) is 20.1. The summed E-state index contributed by atoms with van der Waals surface area (Å²) < 4.78 is 0. The highest BCUT2D eigenvalue weighted by Crippen LogP contribution is 2.35. The van der Waals surface area contributed by atoms with Gasteiger partial charge in [-0.3, -0.25) is 4.79 Å². The van der Waals surface area contributed by atoms with Crippen LogP contribution in [-0.4, -0.2) is 44.7 Å². The maximum absolute atomic E-state index is 10.4. The van der Waals surface area contributed by atoms with Crippen molar-refractivity contribution < 1.29 is 25.2 Å². The minimum absolute atomic E-state index is 0.0688. The molecule has 1 rings (SSSR count). The molecule has 0 aromatic heterocycles. The van der Waals surface area contributed by atoms with Crippen LogP contribution in [0.15, 0.2) is 12.2 Å². The third-order valence-electron chi connectivity index (χ3n) is 4.83. The maximum Gasteiger partial charge on any atom is 0.303 e. The Morgan fingerprint density at radius 2 is 1.78 bits per heavy atom. The lowest BCUT2D eigenvalue weighted by molar-refractivity contribution is -0.137. The van der Waals surface area contributed by atoms with Crippen LogP contribution in [0.5, 0.6) is 0 Å². The molecular weight excluding hydrogens is 296 g/mol. The van der Waals surface area contributed by atoms with Crippen molar-refractivity contribution in [1.29, 1.82) is 0 Å². The molecule has 23 heavy (non-hydrogen) atoms. The predicted molar refractivity (Wildman–Crippen MR) is 89.0 cm³/mol. The highest BCUT2D eigenvalue weighted by molar-refractivity contribution is 5.66. The molecule has 1 saturated carbocycles. The molecule has 0 heterocycles. The first-order valence-corrected chi connectivity index (χ1v) is 8.90. The van der Waals surface area contributed by atoms with Gasteiger partial charge < -0.3 is 20.4 Å². The Balaban J connectivity index is 2.18. The normalized spacial score (nSPS) is 29.2. The molecule has 0 unspecified atom stereocenters. The van der Waals surface area contributed by atoms with Crippen molar-refractivity contribution >= 4 is 5.97 Å². The van der Waals surface area contributed by atoms with Crippen LogP contribution in [0.2, 0.25) is 0 Å². The van der Waals surface area contributed by atoms with Crippen molar-refractivity contribution in [2.45, 2.75) is 83.0 Å². The van der Waals surface area contributed by atoms with Gasteiger partial charge in [0.05, 0.1) is 18.3 Å². The molecule has 1 fully saturated rings. The van der Waals surface area contributed by atoms with Crippen molar-refractivity contribution in [3.05, 3.63) is 12.2 Å². The molecule has 0 amide bonds. The number of aliphatic hydroxyl groups is 3. The molecule has 1 aliphatic rings. The molecule has 5 atom stereocenters. The number of hydrogen-bond acceptors (Lipinski definition) is 4. The minimum atomic E-state index is -0.741. The molecule has 0 aliphatic heterocycles. The molecule has 5 nitrogen and oxygen atoms in total. The number of carboxylic acid groups (broad SMARTS) is 1. The van der Waals surface area contributed by atoms with Gasteiger partial charge in [-0.1, -0.05) is 51.2 Å². The average molecular weight is 328 g/mol. The molecular formula is C18H32O5. The van der Waals surface area contributed by atoms with Crippen LogP contribution in [0.1, 0.15) is 64.7 Å². The molecule has 0 aromatic carbocycles. The van der Waals surface area contributed by atoms with E-state index in [1.807, 2.05) is 13.0 Å². The third-order valence-corrected chi connectivity index (χ3v) is 4.83. The lowest BCUT2D eigenvalue weighted by Crippen LogP contribution is -2.20. The summed E-state index contributed by atoms with van der Waals surface area (Å²) in [6, 6.07) is 0. The predicted octanol–water partition coefficient (Wildman–Crippen LogP) is 2.49.